The van der Waals surface area contributed by atoms with Gasteiger partial charge < -0.3 is 10.4 Å². The smallest absolute Gasteiger partial charge is 0.270 e. The maximum atomic E-state index is 12.0. The van der Waals surface area contributed by atoms with Gasteiger partial charge in [-0.3, -0.25) is 10.1 Å². The molecule has 5 nitrogen and oxygen atoms in total. The van der Waals surface area contributed by atoms with Crippen molar-refractivity contribution in [1.29, 1.82) is 0 Å². The van der Waals surface area contributed by atoms with Crippen molar-refractivity contribution in [3.63, 3.8) is 0 Å². The molecule has 6 heteroatoms. The van der Waals surface area contributed by atoms with Gasteiger partial charge in [-0.1, -0.05) is 29.8 Å². The van der Waals surface area contributed by atoms with Crippen LogP contribution in [0.1, 0.15) is 41.8 Å². The predicted octanol–water partition coefficient (Wildman–Crippen LogP) is 2.65. The number of carbonyl (C=O) groups is 1. The third-order valence-electron chi connectivity index (χ3n) is 3.09. The highest BCUT2D eigenvalue weighted by Gasteiger charge is 2.13. The SMILES string of the molecule is CC(C)NC(=O)c1cccc(C(O)NCc2cccc(Cl)c2)n1. The van der Waals surface area contributed by atoms with Gasteiger partial charge in [0.2, 0.25) is 0 Å². The summed E-state index contributed by atoms with van der Waals surface area (Å²) in [6.45, 7) is 4.19. The quantitative estimate of drug-likeness (QED) is 0.710. The number of carbonyl (C=O) groups excluding carboxylic acids is 1. The number of benzene rings is 1. The van der Waals surface area contributed by atoms with Crippen LogP contribution in [0.5, 0.6) is 0 Å². The van der Waals surface area contributed by atoms with Crippen molar-refractivity contribution in [2.24, 2.45) is 0 Å². The van der Waals surface area contributed by atoms with Crippen LogP contribution in [-0.2, 0) is 6.54 Å². The van der Waals surface area contributed by atoms with Gasteiger partial charge in [0, 0.05) is 17.6 Å². The summed E-state index contributed by atoms with van der Waals surface area (Å²) in [5, 5.41) is 16.6. The lowest BCUT2D eigenvalue weighted by molar-refractivity contribution is 0.0935. The van der Waals surface area contributed by atoms with Gasteiger partial charge in [-0.15, -0.1) is 0 Å². The molecule has 1 atom stereocenters. The number of hydrogen-bond donors (Lipinski definition) is 3. The molecule has 122 valence electrons. The molecule has 1 amide bonds. The second-order valence-corrected chi connectivity index (χ2v) is 5.93. The van der Waals surface area contributed by atoms with Crippen LogP contribution in [0.2, 0.25) is 5.02 Å². The maximum Gasteiger partial charge on any atom is 0.270 e. The molecule has 0 radical (unpaired) electrons. The first kappa shape index (κ1) is 17.4. The topological polar surface area (TPSA) is 74.2 Å². The van der Waals surface area contributed by atoms with Crippen LogP contribution in [0.25, 0.3) is 0 Å². The van der Waals surface area contributed by atoms with E-state index in [1.807, 2.05) is 32.0 Å². The molecule has 0 aliphatic heterocycles. The van der Waals surface area contributed by atoms with Crippen molar-refractivity contribution in [2.75, 3.05) is 0 Å². The van der Waals surface area contributed by atoms with Gasteiger partial charge >= 0.3 is 0 Å². The first-order valence-electron chi connectivity index (χ1n) is 7.39. The molecular formula is C17H20ClN3O2. The summed E-state index contributed by atoms with van der Waals surface area (Å²) in [6.07, 6.45) is -0.971. The summed E-state index contributed by atoms with van der Waals surface area (Å²) in [5.74, 6) is -0.260. The zero-order chi connectivity index (χ0) is 16.8. The molecule has 0 fully saturated rings. The summed E-state index contributed by atoms with van der Waals surface area (Å²) in [4.78, 5) is 16.2. The van der Waals surface area contributed by atoms with Crippen LogP contribution < -0.4 is 10.6 Å². The van der Waals surface area contributed by atoms with E-state index in [2.05, 4.69) is 15.6 Å². The maximum absolute atomic E-state index is 12.0. The first-order valence-corrected chi connectivity index (χ1v) is 7.77. The normalized spacial score (nSPS) is 12.2. The third kappa shape index (κ3) is 5.32. The molecule has 2 aromatic rings. The minimum Gasteiger partial charge on any atom is -0.373 e. The van der Waals surface area contributed by atoms with E-state index in [4.69, 9.17) is 11.6 Å². The Hall–Kier alpha value is -1.95. The van der Waals surface area contributed by atoms with Crippen molar-refractivity contribution in [3.05, 3.63) is 64.4 Å². The summed E-state index contributed by atoms with van der Waals surface area (Å²) in [5.41, 5.74) is 1.62. The monoisotopic (exact) mass is 333 g/mol. The van der Waals surface area contributed by atoms with E-state index in [0.717, 1.165) is 5.56 Å². The van der Waals surface area contributed by atoms with E-state index in [1.165, 1.54) is 0 Å². The highest BCUT2D eigenvalue weighted by Crippen LogP contribution is 2.13. The minimum absolute atomic E-state index is 0.0267. The number of halogens is 1. The summed E-state index contributed by atoms with van der Waals surface area (Å²) < 4.78 is 0. The molecule has 0 spiro atoms. The van der Waals surface area contributed by atoms with Crippen molar-refractivity contribution >= 4 is 17.5 Å². The Bertz CT molecular complexity index is 676. The predicted molar refractivity (Wildman–Crippen MR) is 90.1 cm³/mol. The number of rotatable bonds is 6. The number of pyridine rings is 1. The number of aliphatic hydroxyl groups is 1. The van der Waals surface area contributed by atoms with Gasteiger partial charge in [-0.2, -0.15) is 0 Å². The van der Waals surface area contributed by atoms with E-state index >= 15 is 0 Å². The average Bonchev–Trinajstić information content (AvgIpc) is 2.52. The number of nitrogens with one attached hydrogen (secondary N) is 2. The Morgan fingerprint density at radius 2 is 2.00 bits per heavy atom. The number of nitrogens with zero attached hydrogens (tertiary/aromatic N) is 1. The fraction of sp³-hybridized carbons (Fsp3) is 0.294. The van der Waals surface area contributed by atoms with E-state index in [-0.39, 0.29) is 17.6 Å². The molecule has 1 unspecified atom stereocenters. The van der Waals surface area contributed by atoms with Crippen LogP contribution >= 0.6 is 11.6 Å². The van der Waals surface area contributed by atoms with Crippen molar-refractivity contribution < 1.29 is 9.90 Å². The lowest BCUT2D eigenvalue weighted by Gasteiger charge is -2.14. The Morgan fingerprint density at radius 3 is 2.70 bits per heavy atom. The van der Waals surface area contributed by atoms with Crippen molar-refractivity contribution in [2.45, 2.75) is 32.7 Å². The second-order valence-electron chi connectivity index (χ2n) is 5.49. The molecule has 1 aromatic carbocycles. The summed E-state index contributed by atoms with van der Waals surface area (Å²) >= 11 is 5.93. The van der Waals surface area contributed by atoms with Crippen LogP contribution in [0.4, 0.5) is 0 Å². The molecule has 2 rings (SSSR count). The highest BCUT2D eigenvalue weighted by molar-refractivity contribution is 6.30. The highest BCUT2D eigenvalue weighted by atomic mass is 35.5. The summed E-state index contributed by atoms with van der Waals surface area (Å²) in [6, 6.07) is 12.4. The lowest BCUT2D eigenvalue weighted by atomic mass is 10.2. The Labute approximate surface area is 140 Å². The van der Waals surface area contributed by atoms with Crippen LogP contribution in [0.15, 0.2) is 42.5 Å². The molecule has 0 aliphatic rings. The third-order valence-corrected chi connectivity index (χ3v) is 3.33. The molecule has 0 saturated carbocycles. The average molecular weight is 334 g/mol. The van der Waals surface area contributed by atoms with Crippen LogP contribution in [0, 0.1) is 0 Å². The first-order chi connectivity index (χ1) is 11.0. The number of aliphatic hydroxyl groups excluding tert-OH is 1. The largest absolute Gasteiger partial charge is 0.373 e. The van der Waals surface area contributed by atoms with Crippen LogP contribution in [0.3, 0.4) is 0 Å². The molecule has 1 heterocycles. The van der Waals surface area contributed by atoms with Crippen molar-refractivity contribution in [1.82, 2.24) is 15.6 Å². The zero-order valence-corrected chi connectivity index (χ0v) is 13.8. The Morgan fingerprint density at radius 1 is 1.26 bits per heavy atom. The Balaban J connectivity index is 2.02. The van der Waals surface area contributed by atoms with E-state index in [1.54, 1.807) is 24.3 Å². The summed E-state index contributed by atoms with van der Waals surface area (Å²) in [7, 11) is 0. The fourth-order valence-corrected chi connectivity index (χ4v) is 2.25. The molecule has 0 bridgehead atoms. The second kappa shape index (κ2) is 8.06. The van der Waals surface area contributed by atoms with Crippen molar-refractivity contribution in [3.8, 4) is 0 Å². The lowest BCUT2D eigenvalue weighted by Crippen LogP contribution is -2.31. The van der Waals surface area contributed by atoms with Gasteiger partial charge in [0.1, 0.15) is 11.9 Å². The van der Waals surface area contributed by atoms with E-state index < -0.39 is 6.23 Å². The fourth-order valence-electron chi connectivity index (χ4n) is 2.03. The number of aromatic nitrogens is 1. The molecular weight excluding hydrogens is 314 g/mol. The van der Waals surface area contributed by atoms with Crippen LogP contribution in [-0.4, -0.2) is 22.0 Å². The minimum atomic E-state index is -0.971. The van der Waals surface area contributed by atoms with Gasteiger partial charge in [-0.05, 0) is 43.7 Å². The van der Waals surface area contributed by atoms with Gasteiger partial charge in [-0.25, -0.2) is 4.98 Å². The molecule has 0 saturated heterocycles. The Kier molecular flexibility index (Phi) is 6.10. The van der Waals surface area contributed by atoms with Gasteiger partial charge in [0.25, 0.3) is 5.91 Å². The molecule has 23 heavy (non-hydrogen) atoms. The van der Waals surface area contributed by atoms with Gasteiger partial charge in [0.15, 0.2) is 0 Å². The van der Waals surface area contributed by atoms with E-state index in [9.17, 15) is 9.90 Å². The molecule has 0 aliphatic carbocycles. The number of amides is 1. The standard InChI is InChI=1S/C17H20ClN3O2/c1-11(2)20-17(23)15-8-4-7-14(21-15)16(22)19-10-12-5-3-6-13(18)9-12/h3-9,11,16,19,22H,10H2,1-2H3,(H,20,23). The van der Waals surface area contributed by atoms with E-state index in [0.29, 0.717) is 17.3 Å². The van der Waals surface area contributed by atoms with Gasteiger partial charge in [0.05, 0.1) is 5.69 Å². The molecule has 3 N–H and O–H groups in total. The molecule has 1 aromatic heterocycles. The number of hydrogen-bond acceptors (Lipinski definition) is 4. The zero-order valence-electron chi connectivity index (χ0n) is 13.1.